The molecule has 3 rings (SSSR count). The third-order valence-electron chi connectivity index (χ3n) is 3.85. The zero-order valence-electron chi connectivity index (χ0n) is 11.9. The number of rotatable bonds is 4. The van der Waals surface area contributed by atoms with Crippen molar-refractivity contribution in [2.75, 3.05) is 6.54 Å². The van der Waals surface area contributed by atoms with Crippen molar-refractivity contribution in [2.24, 2.45) is 5.92 Å². The highest BCUT2D eigenvalue weighted by atomic mass is 19.1. The van der Waals surface area contributed by atoms with Crippen LogP contribution in [-0.4, -0.2) is 17.4 Å². The Kier molecular flexibility index (Phi) is 3.88. The fourth-order valence-corrected chi connectivity index (χ4v) is 2.54. The first-order valence-electron chi connectivity index (χ1n) is 7.12. The van der Waals surface area contributed by atoms with Gasteiger partial charge in [-0.3, -0.25) is 9.78 Å². The van der Waals surface area contributed by atoms with Crippen molar-refractivity contribution in [3.05, 3.63) is 54.0 Å². The molecule has 1 aliphatic carbocycles. The van der Waals surface area contributed by atoms with E-state index in [1.165, 1.54) is 12.1 Å². The molecule has 22 heavy (non-hydrogen) atoms. The van der Waals surface area contributed by atoms with Crippen molar-refractivity contribution in [1.82, 2.24) is 10.3 Å². The molecular formula is C18H15FN2O. The van der Waals surface area contributed by atoms with Crippen LogP contribution in [0.2, 0.25) is 0 Å². The molecule has 2 unspecified atom stereocenters. The Balaban J connectivity index is 1.67. The minimum atomic E-state index is -0.265. The van der Waals surface area contributed by atoms with Crippen molar-refractivity contribution >= 4 is 5.91 Å². The van der Waals surface area contributed by atoms with Crippen molar-refractivity contribution in [3.63, 3.8) is 0 Å². The van der Waals surface area contributed by atoms with Crippen LogP contribution in [0.3, 0.4) is 0 Å². The molecule has 1 saturated carbocycles. The largest absolute Gasteiger partial charge is 0.345 e. The van der Waals surface area contributed by atoms with Gasteiger partial charge in [-0.15, -0.1) is 6.42 Å². The number of benzene rings is 1. The summed E-state index contributed by atoms with van der Waals surface area (Å²) in [5, 5.41) is 2.71. The number of carbonyl (C=O) groups is 1. The minimum absolute atomic E-state index is 0.00515. The van der Waals surface area contributed by atoms with E-state index >= 15 is 0 Å². The maximum absolute atomic E-state index is 12.9. The Hall–Kier alpha value is -2.67. The monoisotopic (exact) mass is 294 g/mol. The summed E-state index contributed by atoms with van der Waals surface area (Å²) in [5.41, 5.74) is 2.71. The highest BCUT2D eigenvalue weighted by molar-refractivity contribution is 5.83. The summed E-state index contributed by atoms with van der Waals surface area (Å²) in [6.07, 6.45) is 7.74. The second kappa shape index (κ2) is 5.98. The van der Waals surface area contributed by atoms with E-state index in [0.717, 1.165) is 23.2 Å². The molecule has 1 amide bonds. The number of carbonyl (C=O) groups excluding carboxylic acids is 1. The average molecular weight is 294 g/mol. The summed E-state index contributed by atoms with van der Waals surface area (Å²) in [4.78, 5) is 16.2. The number of halogens is 1. The van der Waals surface area contributed by atoms with Gasteiger partial charge in [-0.25, -0.2) is 4.39 Å². The lowest BCUT2D eigenvalue weighted by molar-refractivity contribution is -0.122. The second-order valence-corrected chi connectivity index (χ2v) is 5.35. The molecule has 0 bridgehead atoms. The Labute approximate surface area is 128 Å². The summed E-state index contributed by atoms with van der Waals surface area (Å²) in [7, 11) is 0. The lowest BCUT2D eigenvalue weighted by atomic mass is 10.1. The van der Waals surface area contributed by atoms with Gasteiger partial charge < -0.3 is 5.32 Å². The van der Waals surface area contributed by atoms with Crippen molar-refractivity contribution in [2.45, 2.75) is 12.3 Å². The van der Waals surface area contributed by atoms with Crippen LogP contribution >= 0.6 is 0 Å². The van der Waals surface area contributed by atoms with Crippen LogP contribution in [-0.2, 0) is 4.79 Å². The molecule has 1 N–H and O–H groups in total. The minimum Gasteiger partial charge on any atom is -0.345 e. The maximum atomic E-state index is 12.9. The summed E-state index contributed by atoms with van der Waals surface area (Å²) in [6, 6.07) is 10.1. The number of amides is 1. The molecule has 0 spiro atoms. The third kappa shape index (κ3) is 2.99. The summed E-state index contributed by atoms with van der Waals surface area (Å²) in [5.74, 6) is 2.34. The van der Waals surface area contributed by atoms with Crippen LogP contribution in [0, 0.1) is 24.1 Å². The zero-order valence-corrected chi connectivity index (χ0v) is 11.9. The molecule has 0 aliphatic heterocycles. The Bertz CT molecular complexity index is 716. The highest BCUT2D eigenvalue weighted by Gasteiger charge is 2.43. The topological polar surface area (TPSA) is 42.0 Å². The predicted octanol–water partition coefficient (Wildman–Crippen LogP) is 2.74. The predicted molar refractivity (Wildman–Crippen MR) is 82.3 cm³/mol. The van der Waals surface area contributed by atoms with Gasteiger partial charge in [0.2, 0.25) is 5.91 Å². The molecule has 1 aromatic heterocycles. The first-order chi connectivity index (χ1) is 10.7. The number of terminal acetylenes is 1. The van der Waals surface area contributed by atoms with E-state index in [4.69, 9.17) is 6.42 Å². The summed E-state index contributed by atoms with van der Waals surface area (Å²) in [6.45, 7) is 0.268. The number of aromatic nitrogens is 1. The van der Waals surface area contributed by atoms with E-state index < -0.39 is 0 Å². The van der Waals surface area contributed by atoms with Gasteiger partial charge in [0.05, 0.1) is 12.2 Å². The lowest BCUT2D eigenvalue weighted by Gasteiger charge is -2.04. The van der Waals surface area contributed by atoms with E-state index in [0.29, 0.717) is 0 Å². The molecular weight excluding hydrogens is 279 g/mol. The first kappa shape index (κ1) is 14.3. The van der Waals surface area contributed by atoms with Crippen LogP contribution in [0.4, 0.5) is 4.39 Å². The smallest absolute Gasteiger partial charge is 0.224 e. The van der Waals surface area contributed by atoms with Gasteiger partial charge in [0, 0.05) is 17.7 Å². The SMILES string of the molecule is C#CCNC(=O)C1CC1c1ccc(-c2ccc(F)cc2)nc1. The van der Waals surface area contributed by atoms with Crippen LogP contribution in [0.5, 0.6) is 0 Å². The Morgan fingerprint density at radius 2 is 2.09 bits per heavy atom. The van der Waals surface area contributed by atoms with Crippen molar-refractivity contribution in [3.8, 4) is 23.6 Å². The number of pyridine rings is 1. The van der Waals surface area contributed by atoms with Crippen LogP contribution < -0.4 is 5.32 Å². The Morgan fingerprint density at radius 3 is 2.73 bits per heavy atom. The quantitative estimate of drug-likeness (QED) is 0.881. The first-order valence-corrected chi connectivity index (χ1v) is 7.12. The normalized spacial score (nSPS) is 19.3. The number of hydrogen-bond acceptors (Lipinski definition) is 2. The molecule has 110 valence electrons. The van der Waals surface area contributed by atoms with E-state index in [1.54, 1.807) is 18.3 Å². The lowest BCUT2D eigenvalue weighted by Crippen LogP contribution is -2.25. The maximum Gasteiger partial charge on any atom is 0.224 e. The van der Waals surface area contributed by atoms with Gasteiger partial charge in [-0.2, -0.15) is 0 Å². The second-order valence-electron chi connectivity index (χ2n) is 5.35. The number of nitrogens with zero attached hydrogens (tertiary/aromatic N) is 1. The number of hydrogen-bond donors (Lipinski definition) is 1. The molecule has 1 heterocycles. The van der Waals surface area contributed by atoms with E-state index in [9.17, 15) is 9.18 Å². The van der Waals surface area contributed by atoms with E-state index in [2.05, 4.69) is 16.2 Å². The molecule has 4 heteroatoms. The van der Waals surface area contributed by atoms with Crippen LogP contribution in [0.1, 0.15) is 17.9 Å². The van der Waals surface area contributed by atoms with Crippen molar-refractivity contribution in [1.29, 1.82) is 0 Å². The molecule has 2 atom stereocenters. The highest BCUT2D eigenvalue weighted by Crippen LogP contribution is 2.47. The fourth-order valence-electron chi connectivity index (χ4n) is 2.54. The average Bonchev–Trinajstić information content (AvgIpc) is 3.34. The number of nitrogens with one attached hydrogen (secondary N) is 1. The molecule has 1 aromatic carbocycles. The summed E-state index contributed by atoms with van der Waals surface area (Å²) < 4.78 is 12.9. The standard InChI is InChI=1S/C18H15FN2O/c1-2-9-20-18(22)16-10-15(16)13-5-8-17(21-11-13)12-3-6-14(19)7-4-12/h1,3-8,11,15-16H,9-10H2,(H,20,22). The summed E-state index contributed by atoms with van der Waals surface area (Å²) >= 11 is 0. The molecule has 1 fully saturated rings. The molecule has 3 nitrogen and oxygen atoms in total. The fraction of sp³-hybridized carbons (Fsp3) is 0.222. The molecule has 0 radical (unpaired) electrons. The van der Waals surface area contributed by atoms with E-state index in [1.807, 2.05) is 12.1 Å². The van der Waals surface area contributed by atoms with Gasteiger partial charge in [0.25, 0.3) is 0 Å². The van der Waals surface area contributed by atoms with Crippen LogP contribution in [0.25, 0.3) is 11.3 Å². The van der Waals surface area contributed by atoms with Gasteiger partial charge in [0.1, 0.15) is 5.82 Å². The molecule has 0 saturated heterocycles. The molecule has 1 aliphatic rings. The van der Waals surface area contributed by atoms with Crippen molar-refractivity contribution < 1.29 is 9.18 Å². The van der Waals surface area contributed by atoms with Crippen LogP contribution in [0.15, 0.2) is 42.6 Å². The van der Waals surface area contributed by atoms with Gasteiger partial charge in [0.15, 0.2) is 0 Å². The Morgan fingerprint density at radius 1 is 1.32 bits per heavy atom. The van der Waals surface area contributed by atoms with Gasteiger partial charge in [-0.05, 0) is 48.2 Å². The van der Waals surface area contributed by atoms with E-state index in [-0.39, 0.29) is 30.1 Å². The molecule has 2 aromatic rings. The zero-order chi connectivity index (χ0) is 15.5. The van der Waals surface area contributed by atoms with Gasteiger partial charge in [-0.1, -0.05) is 12.0 Å². The third-order valence-corrected chi connectivity index (χ3v) is 3.85. The van der Waals surface area contributed by atoms with Gasteiger partial charge >= 0.3 is 0 Å².